The van der Waals surface area contributed by atoms with Gasteiger partial charge < -0.3 is 5.32 Å². The molecule has 2 aromatic rings. The van der Waals surface area contributed by atoms with Crippen LogP contribution in [0.2, 0.25) is 0 Å². The Morgan fingerprint density at radius 2 is 1.86 bits per heavy atom. The van der Waals surface area contributed by atoms with E-state index in [1.54, 1.807) is 0 Å². The van der Waals surface area contributed by atoms with Crippen molar-refractivity contribution in [3.8, 4) is 0 Å². The van der Waals surface area contributed by atoms with Crippen molar-refractivity contribution in [1.82, 2.24) is 15.5 Å². The van der Waals surface area contributed by atoms with E-state index in [0.29, 0.717) is 5.92 Å². The second-order valence-corrected chi connectivity index (χ2v) is 6.09. The molecular weight excluding hydrogens is 258 g/mol. The van der Waals surface area contributed by atoms with Gasteiger partial charge in [-0.2, -0.15) is 10.2 Å². The molecule has 1 unspecified atom stereocenters. The molecule has 112 valence electrons. The van der Waals surface area contributed by atoms with Crippen molar-refractivity contribution in [1.29, 1.82) is 0 Å². The van der Waals surface area contributed by atoms with Crippen LogP contribution in [0, 0.1) is 19.8 Å². The van der Waals surface area contributed by atoms with E-state index < -0.39 is 0 Å². The van der Waals surface area contributed by atoms with Gasteiger partial charge in [0.15, 0.2) is 0 Å². The maximum atomic E-state index is 4.25. The van der Waals surface area contributed by atoms with Crippen LogP contribution in [0.3, 0.4) is 0 Å². The van der Waals surface area contributed by atoms with Crippen molar-refractivity contribution < 1.29 is 0 Å². The first-order valence-corrected chi connectivity index (χ1v) is 7.58. The van der Waals surface area contributed by atoms with Gasteiger partial charge in [0.05, 0.1) is 17.4 Å². The van der Waals surface area contributed by atoms with E-state index in [1.807, 2.05) is 20.9 Å². The Morgan fingerprint density at radius 3 is 2.52 bits per heavy atom. The molecule has 1 N–H and O–H groups in total. The lowest BCUT2D eigenvalue weighted by atomic mass is 9.94. The maximum Gasteiger partial charge on any atom is 0.0651 e. The van der Waals surface area contributed by atoms with Crippen LogP contribution in [0.5, 0.6) is 0 Å². The maximum absolute atomic E-state index is 4.25. The van der Waals surface area contributed by atoms with Crippen LogP contribution in [-0.4, -0.2) is 17.2 Å². The highest BCUT2D eigenvalue weighted by Gasteiger charge is 2.16. The van der Waals surface area contributed by atoms with Crippen molar-refractivity contribution >= 4 is 0 Å². The molecule has 0 aliphatic heterocycles. The average Bonchev–Trinajstić information content (AvgIpc) is 2.43. The highest BCUT2D eigenvalue weighted by Crippen LogP contribution is 2.25. The Labute approximate surface area is 127 Å². The molecule has 0 aliphatic carbocycles. The first kappa shape index (κ1) is 15.6. The molecule has 21 heavy (non-hydrogen) atoms. The van der Waals surface area contributed by atoms with Gasteiger partial charge in [0, 0.05) is 0 Å². The van der Waals surface area contributed by atoms with Gasteiger partial charge in [-0.3, -0.25) is 0 Å². The Balaban J connectivity index is 2.39. The number of benzene rings is 1. The second kappa shape index (κ2) is 6.81. The van der Waals surface area contributed by atoms with E-state index in [1.165, 1.54) is 16.7 Å². The standard InChI is InChI=1S/C18H25N3/c1-12(2)9-15-7-6-8-16(11-15)18(19-5)17-10-13(3)20-21-14(17)4/h6-8,10-12,18-19H,9H2,1-5H3. The first-order valence-electron chi connectivity index (χ1n) is 7.58. The third kappa shape index (κ3) is 3.88. The normalized spacial score (nSPS) is 12.7. The molecule has 3 nitrogen and oxygen atoms in total. The van der Waals surface area contributed by atoms with Gasteiger partial charge in [-0.05, 0) is 56.0 Å². The third-order valence-corrected chi connectivity index (χ3v) is 3.67. The Bertz CT molecular complexity index is 605. The Morgan fingerprint density at radius 1 is 1.10 bits per heavy atom. The van der Waals surface area contributed by atoms with Crippen LogP contribution >= 0.6 is 0 Å². The summed E-state index contributed by atoms with van der Waals surface area (Å²) in [6, 6.07) is 11.1. The molecular formula is C18H25N3. The number of nitrogens with one attached hydrogen (secondary N) is 1. The fraction of sp³-hybridized carbons (Fsp3) is 0.444. The third-order valence-electron chi connectivity index (χ3n) is 3.67. The van der Waals surface area contributed by atoms with E-state index in [-0.39, 0.29) is 6.04 Å². The topological polar surface area (TPSA) is 37.8 Å². The minimum atomic E-state index is 0.159. The number of aryl methyl sites for hydroxylation is 2. The molecule has 0 aliphatic rings. The average molecular weight is 283 g/mol. The summed E-state index contributed by atoms with van der Waals surface area (Å²) in [4.78, 5) is 0. The van der Waals surface area contributed by atoms with Crippen LogP contribution in [0.4, 0.5) is 0 Å². The predicted octanol–water partition coefficient (Wildman–Crippen LogP) is 3.60. The number of hydrogen-bond acceptors (Lipinski definition) is 3. The largest absolute Gasteiger partial charge is 0.309 e. The molecule has 0 saturated carbocycles. The van der Waals surface area contributed by atoms with E-state index in [4.69, 9.17) is 0 Å². The monoisotopic (exact) mass is 283 g/mol. The lowest BCUT2D eigenvalue weighted by Crippen LogP contribution is -2.20. The van der Waals surface area contributed by atoms with E-state index in [9.17, 15) is 0 Å². The summed E-state index contributed by atoms with van der Waals surface area (Å²) >= 11 is 0. The highest BCUT2D eigenvalue weighted by molar-refractivity contribution is 5.36. The molecule has 0 radical (unpaired) electrons. The lowest BCUT2D eigenvalue weighted by Gasteiger charge is -2.20. The van der Waals surface area contributed by atoms with Crippen molar-refractivity contribution in [2.24, 2.45) is 5.92 Å². The van der Waals surface area contributed by atoms with E-state index in [0.717, 1.165) is 17.8 Å². The second-order valence-electron chi connectivity index (χ2n) is 6.09. The molecule has 0 bridgehead atoms. The van der Waals surface area contributed by atoms with Crippen molar-refractivity contribution in [3.05, 3.63) is 58.4 Å². The van der Waals surface area contributed by atoms with Gasteiger partial charge in [-0.25, -0.2) is 0 Å². The van der Waals surface area contributed by atoms with E-state index in [2.05, 4.69) is 59.7 Å². The van der Waals surface area contributed by atoms with Crippen LogP contribution in [0.25, 0.3) is 0 Å². The molecule has 0 spiro atoms. The van der Waals surface area contributed by atoms with Gasteiger partial charge in [-0.15, -0.1) is 0 Å². The van der Waals surface area contributed by atoms with Gasteiger partial charge in [0.2, 0.25) is 0 Å². The smallest absolute Gasteiger partial charge is 0.0651 e. The van der Waals surface area contributed by atoms with Crippen molar-refractivity contribution in [3.63, 3.8) is 0 Å². The summed E-state index contributed by atoms with van der Waals surface area (Å²) in [5, 5.41) is 11.8. The quantitative estimate of drug-likeness (QED) is 0.911. The summed E-state index contributed by atoms with van der Waals surface area (Å²) in [6.07, 6.45) is 1.11. The van der Waals surface area contributed by atoms with Crippen LogP contribution in [0.1, 0.15) is 48.0 Å². The Hall–Kier alpha value is -1.74. The molecule has 1 aromatic carbocycles. The van der Waals surface area contributed by atoms with Crippen LogP contribution in [-0.2, 0) is 6.42 Å². The number of hydrogen-bond donors (Lipinski definition) is 1. The zero-order valence-electron chi connectivity index (χ0n) is 13.6. The molecule has 3 heteroatoms. The van der Waals surface area contributed by atoms with Gasteiger partial charge in [0.1, 0.15) is 0 Å². The molecule has 2 rings (SSSR count). The summed E-state index contributed by atoms with van der Waals surface area (Å²) in [7, 11) is 2.00. The van der Waals surface area contributed by atoms with Crippen molar-refractivity contribution in [2.75, 3.05) is 7.05 Å². The van der Waals surface area contributed by atoms with Crippen molar-refractivity contribution in [2.45, 2.75) is 40.2 Å². The summed E-state index contributed by atoms with van der Waals surface area (Å²) in [5.41, 5.74) is 5.81. The molecule has 0 fully saturated rings. The highest BCUT2D eigenvalue weighted by atomic mass is 15.1. The van der Waals surface area contributed by atoms with Crippen LogP contribution in [0.15, 0.2) is 30.3 Å². The summed E-state index contributed by atoms with van der Waals surface area (Å²) in [6.45, 7) is 8.51. The zero-order chi connectivity index (χ0) is 15.4. The SMILES string of the molecule is CNC(c1cccc(CC(C)C)c1)c1cc(C)nnc1C. The minimum Gasteiger partial charge on any atom is -0.309 e. The summed E-state index contributed by atoms with van der Waals surface area (Å²) in [5.74, 6) is 0.667. The fourth-order valence-electron chi connectivity index (χ4n) is 2.73. The van der Waals surface area contributed by atoms with Gasteiger partial charge >= 0.3 is 0 Å². The number of rotatable bonds is 5. The first-order chi connectivity index (χ1) is 10.0. The Kier molecular flexibility index (Phi) is 5.07. The van der Waals surface area contributed by atoms with Gasteiger partial charge in [0.25, 0.3) is 0 Å². The molecule has 0 saturated heterocycles. The van der Waals surface area contributed by atoms with Gasteiger partial charge in [-0.1, -0.05) is 38.1 Å². The number of nitrogens with zero attached hydrogens (tertiary/aromatic N) is 2. The molecule has 1 atom stereocenters. The van der Waals surface area contributed by atoms with Crippen LogP contribution < -0.4 is 5.32 Å². The lowest BCUT2D eigenvalue weighted by molar-refractivity contribution is 0.641. The fourth-order valence-corrected chi connectivity index (χ4v) is 2.73. The zero-order valence-corrected chi connectivity index (χ0v) is 13.6. The molecule has 1 aromatic heterocycles. The predicted molar refractivity (Wildman–Crippen MR) is 87.4 cm³/mol. The number of aromatic nitrogens is 2. The minimum absolute atomic E-state index is 0.159. The molecule has 1 heterocycles. The summed E-state index contributed by atoms with van der Waals surface area (Å²) < 4.78 is 0. The molecule has 0 amide bonds. The van der Waals surface area contributed by atoms with E-state index >= 15 is 0 Å².